The fourth-order valence-corrected chi connectivity index (χ4v) is 2.01. The van der Waals surface area contributed by atoms with Crippen molar-refractivity contribution in [3.63, 3.8) is 0 Å². The number of nitrogens with one attached hydrogen (secondary N) is 2. The van der Waals surface area contributed by atoms with Crippen molar-refractivity contribution < 1.29 is 18.8 Å². The number of benzene rings is 1. The van der Waals surface area contributed by atoms with Crippen molar-refractivity contribution in [3.8, 4) is 0 Å². The summed E-state index contributed by atoms with van der Waals surface area (Å²) in [7, 11) is 0. The van der Waals surface area contributed by atoms with Crippen molar-refractivity contribution in [3.05, 3.63) is 54.0 Å². The molecule has 6 nitrogen and oxygen atoms in total. The third kappa shape index (κ3) is 4.10. The van der Waals surface area contributed by atoms with Gasteiger partial charge >= 0.3 is 0 Å². The molecule has 0 atom stereocenters. The van der Waals surface area contributed by atoms with Gasteiger partial charge in [-0.2, -0.15) is 0 Å². The van der Waals surface area contributed by atoms with E-state index in [1.54, 1.807) is 36.4 Å². The Hall–Kier alpha value is -2.89. The molecule has 0 aliphatic heterocycles. The summed E-state index contributed by atoms with van der Waals surface area (Å²) in [5.41, 5.74) is -0.314. The molecule has 0 radical (unpaired) electrons. The number of hydrogen-bond acceptors (Lipinski definition) is 4. The van der Waals surface area contributed by atoms with Crippen molar-refractivity contribution in [2.45, 2.75) is 27.3 Å². The van der Waals surface area contributed by atoms with Crippen LogP contribution in [0.1, 0.15) is 36.9 Å². The molecule has 0 fully saturated rings. The third-order valence-corrected chi connectivity index (χ3v) is 3.67. The van der Waals surface area contributed by atoms with Crippen LogP contribution in [0.4, 0.5) is 5.69 Å². The smallest absolute Gasteiger partial charge is 0.239 e. The normalized spacial score (nSPS) is 11.0. The van der Waals surface area contributed by atoms with E-state index in [2.05, 4.69) is 10.6 Å². The Morgan fingerprint density at radius 2 is 1.83 bits per heavy atom. The van der Waals surface area contributed by atoms with Crippen LogP contribution in [0.25, 0.3) is 0 Å². The number of Topliss-reactive ketones (excluding diaryl/α,β-unsaturated/α-hetero) is 1. The lowest BCUT2D eigenvalue weighted by atomic mass is 9.91. The minimum absolute atomic E-state index is 0.0958. The van der Waals surface area contributed by atoms with Crippen molar-refractivity contribution in [2.75, 3.05) is 5.32 Å². The minimum Gasteiger partial charge on any atom is -0.467 e. The first-order valence-electron chi connectivity index (χ1n) is 7.54. The number of furan rings is 1. The average molecular weight is 328 g/mol. The van der Waals surface area contributed by atoms with E-state index in [9.17, 15) is 14.4 Å². The predicted octanol–water partition coefficient (Wildman–Crippen LogP) is 2.76. The van der Waals surface area contributed by atoms with E-state index in [0.717, 1.165) is 0 Å². The molecule has 6 heteroatoms. The van der Waals surface area contributed by atoms with Crippen LogP contribution < -0.4 is 10.6 Å². The monoisotopic (exact) mass is 328 g/mol. The van der Waals surface area contributed by atoms with Gasteiger partial charge in [0.25, 0.3) is 0 Å². The maximum Gasteiger partial charge on any atom is 0.239 e. The van der Waals surface area contributed by atoms with E-state index in [-0.39, 0.29) is 12.3 Å². The zero-order valence-corrected chi connectivity index (χ0v) is 13.9. The van der Waals surface area contributed by atoms with Crippen LogP contribution in [0.5, 0.6) is 0 Å². The molecule has 2 N–H and O–H groups in total. The first-order chi connectivity index (χ1) is 11.3. The lowest BCUT2D eigenvalue weighted by Crippen LogP contribution is -2.44. The maximum atomic E-state index is 12.4. The Morgan fingerprint density at radius 3 is 2.46 bits per heavy atom. The summed E-state index contributed by atoms with van der Waals surface area (Å²) in [6.45, 7) is 4.73. The highest BCUT2D eigenvalue weighted by atomic mass is 16.3. The summed E-state index contributed by atoms with van der Waals surface area (Å²) in [5.74, 6) is -0.366. The van der Waals surface area contributed by atoms with E-state index in [4.69, 9.17) is 4.42 Å². The molecule has 0 unspecified atom stereocenters. The molecule has 1 aromatic heterocycles. The van der Waals surface area contributed by atoms with Gasteiger partial charge in [0.15, 0.2) is 5.78 Å². The Labute approximate surface area is 140 Å². The molecule has 2 amide bonds. The quantitative estimate of drug-likeness (QED) is 0.630. The summed E-state index contributed by atoms with van der Waals surface area (Å²) in [5, 5.41) is 5.35. The number of carbonyl (C=O) groups is 3. The van der Waals surface area contributed by atoms with Gasteiger partial charge in [0.05, 0.1) is 12.8 Å². The Morgan fingerprint density at radius 1 is 1.08 bits per heavy atom. The van der Waals surface area contributed by atoms with Gasteiger partial charge < -0.3 is 15.1 Å². The average Bonchev–Trinajstić information content (AvgIpc) is 3.06. The predicted molar refractivity (Wildman–Crippen MR) is 89.4 cm³/mol. The minimum atomic E-state index is -1.28. The number of hydrogen-bond donors (Lipinski definition) is 2. The largest absolute Gasteiger partial charge is 0.467 e. The van der Waals surface area contributed by atoms with Crippen LogP contribution in [0.2, 0.25) is 0 Å². The van der Waals surface area contributed by atoms with Gasteiger partial charge in [-0.15, -0.1) is 0 Å². The third-order valence-electron chi connectivity index (χ3n) is 3.67. The molecule has 0 saturated carbocycles. The zero-order valence-electron chi connectivity index (χ0n) is 13.9. The van der Waals surface area contributed by atoms with E-state index < -0.39 is 17.2 Å². The topological polar surface area (TPSA) is 88.4 Å². The lowest BCUT2D eigenvalue weighted by Gasteiger charge is -2.22. The van der Waals surface area contributed by atoms with Crippen LogP contribution in [-0.4, -0.2) is 17.6 Å². The highest BCUT2D eigenvalue weighted by Crippen LogP contribution is 2.20. The van der Waals surface area contributed by atoms with Crippen LogP contribution in [0, 0.1) is 5.41 Å². The van der Waals surface area contributed by atoms with Crippen LogP contribution in [0.15, 0.2) is 47.1 Å². The van der Waals surface area contributed by atoms with Gasteiger partial charge in [0.1, 0.15) is 11.2 Å². The molecule has 24 heavy (non-hydrogen) atoms. The van der Waals surface area contributed by atoms with Gasteiger partial charge in [-0.1, -0.05) is 12.1 Å². The summed E-state index contributed by atoms with van der Waals surface area (Å²) in [6, 6.07) is 10.1. The van der Waals surface area contributed by atoms with Crippen LogP contribution in [0.3, 0.4) is 0 Å². The van der Waals surface area contributed by atoms with E-state index in [1.165, 1.54) is 27.0 Å². The lowest BCUT2D eigenvalue weighted by molar-refractivity contribution is -0.138. The van der Waals surface area contributed by atoms with Gasteiger partial charge in [-0.05, 0) is 45.0 Å². The van der Waals surface area contributed by atoms with Gasteiger partial charge in [0, 0.05) is 11.3 Å². The number of carbonyl (C=O) groups excluding carboxylic acids is 3. The Kier molecular flexibility index (Phi) is 5.18. The molecule has 1 heterocycles. The number of ketones is 1. The molecular weight excluding hydrogens is 308 g/mol. The molecule has 1 aromatic carbocycles. The van der Waals surface area contributed by atoms with E-state index in [0.29, 0.717) is 17.0 Å². The summed E-state index contributed by atoms with van der Waals surface area (Å²) < 4.78 is 5.14. The van der Waals surface area contributed by atoms with Crippen LogP contribution >= 0.6 is 0 Å². The second-order valence-electron chi connectivity index (χ2n) is 5.98. The fourth-order valence-electron chi connectivity index (χ4n) is 2.01. The van der Waals surface area contributed by atoms with Gasteiger partial charge in [-0.3, -0.25) is 14.4 Å². The van der Waals surface area contributed by atoms with Crippen molar-refractivity contribution in [1.82, 2.24) is 5.32 Å². The standard InChI is InChI=1S/C18H20N2O4/c1-12(21)13-6-4-7-14(10-13)20-17(23)18(2,3)16(22)19-11-15-8-5-9-24-15/h4-10H,11H2,1-3H3,(H,19,22)(H,20,23). The number of rotatable bonds is 6. The highest BCUT2D eigenvalue weighted by molar-refractivity contribution is 6.10. The first-order valence-corrected chi connectivity index (χ1v) is 7.54. The SMILES string of the molecule is CC(=O)c1cccc(NC(=O)C(C)(C)C(=O)NCc2ccco2)c1. The summed E-state index contributed by atoms with van der Waals surface area (Å²) >= 11 is 0. The Bertz CT molecular complexity index is 748. The first kappa shape index (κ1) is 17.5. The Balaban J connectivity index is 2.02. The zero-order chi connectivity index (χ0) is 17.7. The molecule has 0 bridgehead atoms. The van der Waals surface area contributed by atoms with Crippen molar-refractivity contribution >= 4 is 23.3 Å². The van der Waals surface area contributed by atoms with Crippen molar-refractivity contribution in [1.29, 1.82) is 0 Å². The maximum absolute atomic E-state index is 12.4. The second kappa shape index (κ2) is 7.12. The molecule has 0 saturated heterocycles. The molecule has 126 valence electrons. The molecule has 0 spiro atoms. The van der Waals surface area contributed by atoms with Crippen molar-refractivity contribution in [2.24, 2.45) is 5.41 Å². The molecule has 0 aliphatic carbocycles. The summed E-state index contributed by atoms with van der Waals surface area (Å²) in [4.78, 5) is 36.1. The summed E-state index contributed by atoms with van der Waals surface area (Å²) in [6.07, 6.45) is 1.52. The molecule has 2 rings (SSSR count). The van der Waals surface area contributed by atoms with Gasteiger partial charge in [-0.25, -0.2) is 0 Å². The van der Waals surface area contributed by atoms with Gasteiger partial charge in [0.2, 0.25) is 11.8 Å². The van der Waals surface area contributed by atoms with Crippen LogP contribution in [-0.2, 0) is 16.1 Å². The fraction of sp³-hybridized carbons (Fsp3) is 0.278. The van der Waals surface area contributed by atoms with E-state index in [1.807, 2.05) is 0 Å². The second-order valence-corrected chi connectivity index (χ2v) is 5.98. The number of amides is 2. The molecular formula is C18H20N2O4. The molecule has 2 aromatic rings. The number of anilines is 1. The molecule has 0 aliphatic rings. The highest BCUT2D eigenvalue weighted by Gasteiger charge is 2.36. The van der Waals surface area contributed by atoms with E-state index >= 15 is 0 Å².